The fraction of sp³-hybridized carbons (Fsp3) is 0.300. The number of fused-ring (bicyclic) bond motifs is 1. The van der Waals surface area contributed by atoms with Gasteiger partial charge in [-0.15, -0.1) is 0 Å². The van der Waals surface area contributed by atoms with Crippen molar-refractivity contribution in [3.63, 3.8) is 0 Å². The molecule has 1 N–H and O–H groups in total. The molecular formula is C10H9F2NO2. The summed E-state index contributed by atoms with van der Waals surface area (Å²) in [6, 6.07) is 1.17. The number of carbonyl (C=O) groups excluding carboxylic acids is 1. The van der Waals surface area contributed by atoms with Crippen molar-refractivity contribution in [1.29, 1.82) is 0 Å². The Morgan fingerprint density at radius 2 is 2.27 bits per heavy atom. The van der Waals surface area contributed by atoms with Gasteiger partial charge in [-0.3, -0.25) is 0 Å². The maximum atomic E-state index is 13.7. The highest BCUT2D eigenvalue weighted by Gasteiger charge is 2.26. The summed E-state index contributed by atoms with van der Waals surface area (Å²) in [6.45, 7) is 0.552. The summed E-state index contributed by atoms with van der Waals surface area (Å²) in [7, 11) is 1.09. The zero-order chi connectivity index (χ0) is 11.0. The molecule has 0 spiro atoms. The van der Waals surface area contributed by atoms with Crippen LogP contribution in [0.2, 0.25) is 0 Å². The van der Waals surface area contributed by atoms with Crippen LogP contribution in [0, 0.1) is 11.6 Å². The number of ether oxygens (including phenoxy) is 1. The number of esters is 1. The summed E-state index contributed by atoms with van der Waals surface area (Å²) in [5, 5.41) is 2.77. The number of carbonyl (C=O) groups is 1. The molecule has 0 aromatic heterocycles. The second-order valence-corrected chi connectivity index (χ2v) is 3.25. The predicted octanol–water partition coefficient (Wildman–Crippen LogP) is 1.72. The van der Waals surface area contributed by atoms with Gasteiger partial charge in [0.05, 0.1) is 12.8 Å². The number of halogens is 2. The Balaban J connectivity index is 2.61. The molecule has 1 aliphatic rings. The van der Waals surface area contributed by atoms with Crippen molar-refractivity contribution in [2.75, 3.05) is 19.0 Å². The summed E-state index contributed by atoms with van der Waals surface area (Å²) < 4.78 is 31.4. The van der Waals surface area contributed by atoms with Crippen LogP contribution >= 0.6 is 0 Å². The molecule has 5 heteroatoms. The van der Waals surface area contributed by atoms with Crippen LogP contribution in [-0.4, -0.2) is 19.6 Å². The minimum Gasteiger partial charge on any atom is -0.465 e. The van der Waals surface area contributed by atoms with Crippen molar-refractivity contribution in [3.05, 3.63) is 28.8 Å². The number of anilines is 1. The minimum atomic E-state index is -0.999. The molecular weight excluding hydrogens is 204 g/mol. The normalized spacial score (nSPS) is 13.3. The molecule has 1 aromatic rings. The molecule has 0 radical (unpaired) electrons. The lowest BCUT2D eigenvalue weighted by Gasteiger charge is -2.07. The molecule has 0 amide bonds. The number of hydrogen-bond donors (Lipinski definition) is 1. The monoisotopic (exact) mass is 213 g/mol. The van der Waals surface area contributed by atoms with E-state index in [1.807, 2.05) is 0 Å². The second kappa shape index (κ2) is 3.49. The first-order valence-electron chi connectivity index (χ1n) is 4.48. The number of methoxy groups -OCH3 is 1. The number of rotatable bonds is 1. The molecule has 0 saturated carbocycles. The highest BCUT2D eigenvalue weighted by atomic mass is 19.1. The van der Waals surface area contributed by atoms with Crippen LogP contribution < -0.4 is 5.32 Å². The smallest absolute Gasteiger partial charge is 0.343 e. The highest BCUT2D eigenvalue weighted by molar-refractivity contribution is 5.91. The fourth-order valence-corrected chi connectivity index (χ4v) is 1.67. The summed E-state index contributed by atoms with van der Waals surface area (Å²) in [6.07, 6.45) is 0.560. The van der Waals surface area contributed by atoms with Gasteiger partial charge in [0.25, 0.3) is 0 Å². The molecule has 80 valence electrons. The second-order valence-electron chi connectivity index (χ2n) is 3.25. The molecule has 1 aromatic carbocycles. The quantitative estimate of drug-likeness (QED) is 0.722. The Bertz CT molecular complexity index is 432. The standard InChI is InChI=1S/C10H9F2NO2/c1-15-10(14)7-6(11)4-5-2-3-13-9(5)8(7)12/h4,13H,2-3H2,1H3. The Hall–Kier alpha value is -1.65. The van der Waals surface area contributed by atoms with Crippen LogP contribution in [0.25, 0.3) is 0 Å². The number of benzene rings is 1. The molecule has 1 aliphatic heterocycles. The Labute approximate surface area is 85.0 Å². The SMILES string of the molecule is COC(=O)c1c(F)cc2c(c1F)NCC2. The van der Waals surface area contributed by atoms with Gasteiger partial charge in [0.15, 0.2) is 5.82 Å². The van der Waals surface area contributed by atoms with Crippen molar-refractivity contribution in [2.24, 2.45) is 0 Å². The lowest BCUT2D eigenvalue weighted by molar-refractivity contribution is 0.0590. The van der Waals surface area contributed by atoms with Crippen LogP contribution in [0.15, 0.2) is 6.07 Å². The van der Waals surface area contributed by atoms with Gasteiger partial charge in [-0.05, 0) is 18.1 Å². The Morgan fingerprint density at radius 1 is 1.53 bits per heavy atom. The largest absolute Gasteiger partial charge is 0.465 e. The predicted molar refractivity (Wildman–Crippen MR) is 49.9 cm³/mol. The van der Waals surface area contributed by atoms with Gasteiger partial charge in [-0.1, -0.05) is 0 Å². The van der Waals surface area contributed by atoms with Crippen molar-refractivity contribution in [1.82, 2.24) is 0 Å². The van der Waals surface area contributed by atoms with Gasteiger partial charge < -0.3 is 10.1 Å². The number of nitrogens with one attached hydrogen (secondary N) is 1. The molecule has 0 bridgehead atoms. The van der Waals surface area contributed by atoms with E-state index in [0.717, 1.165) is 7.11 Å². The van der Waals surface area contributed by atoms with E-state index >= 15 is 0 Å². The molecule has 0 saturated heterocycles. The van der Waals surface area contributed by atoms with E-state index in [-0.39, 0.29) is 5.69 Å². The summed E-state index contributed by atoms with van der Waals surface area (Å²) >= 11 is 0. The van der Waals surface area contributed by atoms with Gasteiger partial charge in [-0.25, -0.2) is 13.6 Å². The molecule has 15 heavy (non-hydrogen) atoms. The summed E-state index contributed by atoms with van der Waals surface area (Å²) in [4.78, 5) is 11.1. The van der Waals surface area contributed by atoms with Crippen LogP contribution in [0.5, 0.6) is 0 Å². The molecule has 2 rings (SSSR count). The maximum Gasteiger partial charge on any atom is 0.343 e. The molecule has 0 unspecified atom stereocenters. The molecule has 0 aliphatic carbocycles. The average Bonchev–Trinajstić information content (AvgIpc) is 2.65. The van der Waals surface area contributed by atoms with Crippen LogP contribution in [0.4, 0.5) is 14.5 Å². The van der Waals surface area contributed by atoms with Crippen LogP contribution in [0.3, 0.4) is 0 Å². The molecule has 1 heterocycles. The summed E-state index contributed by atoms with van der Waals surface area (Å²) in [5.41, 5.74) is 0.125. The van der Waals surface area contributed by atoms with Crippen molar-refractivity contribution in [2.45, 2.75) is 6.42 Å². The van der Waals surface area contributed by atoms with Gasteiger partial charge in [0.1, 0.15) is 11.4 Å². The van der Waals surface area contributed by atoms with E-state index in [1.54, 1.807) is 0 Å². The van der Waals surface area contributed by atoms with E-state index < -0.39 is 23.2 Å². The average molecular weight is 213 g/mol. The first-order chi connectivity index (χ1) is 7.15. The lowest BCUT2D eigenvalue weighted by Crippen LogP contribution is -2.09. The zero-order valence-electron chi connectivity index (χ0n) is 8.06. The lowest BCUT2D eigenvalue weighted by atomic mass is 10.1. The Morgan fingerprint density at radius 3 is 2.93 bits per heavy atom. The third kappa shape index (κ3) is 1.44. The van der Waals surface area contributed by atoms with Crippen molar-refractivity contribution in [3.8, 4) is 0 Å². The first-order valence-corrected chi connectivity index (χ1v) is 4.48. The van der Waals surface area contributed by atoms with E-state index in [9.17, 15) is 13.6 Å². The van der Waals surface area contributed by atoms with E-state index in [1.165, 1.54) is 6.07 Å². The van der Waals surface area contributed by atoms with Crippen molar-refractivity contribution < 1.29 is 18.3 Å². The fourth-order valence-electron chi connectivity index (χ4n) is 1.67. The Kier molecular flexibility index (Phi) is 2.30. The first kappa shape index (κ1) is 9.89. The molecule has 0 fully saturated rings. The van der Waals surface area contributed by atoms with Gasteiger partial charge in [0.2, 0.25) is 0 Å². The van der Waals surface area contributed by atoms with E-state index in [0.29, 0.717) is 18.5 Å². The van der Waals surface area contributed by atoms with Crippen LogP contribution in [0.1, 0.15) is 15.9 Å². The minimum absolute atomic E-state index is 0.205. The number of hydrogen-bond acceptors (Lipinski definition) is 3. The van der Waals surface area contributed by atoms with E-state index in [2.05, 4.69) is 10.1 Å². The van der Waals surface area contributed by atoms with Gasteiger partial charge in [0, 0.05) is 6.54 Å². The van der Waals surface area contributed by atoms with Gasteiger partial charge >= 0.3 is 5.97 Å². The molecule has 3 nitrogen and oxygen atoms in total. The maximum absolute atomic E-state index is 13.7. The molecule has 0 atom stereocenters. The summed E-state index contributed by atoms with van der Waals surface area (Å²) in [5.74, 6) is -2.74. The third-order valence-electron chi connectivity index (χ3n) is 2.39. The highest BCUT2D eigenvalue weighted by Crippen LogP contribution is 2.30. The van der Waals surface area contributed by atoms with Gasteiger partial charge in [-0.2, -0.15) is 0 Å². The zero-order valence-corrected chi connectivity index (χ0v) is 8.06. The topological polar surface area (TPSA) is 38.3 Å². The van der Waals surface area contributed by atoms with Crippen molar-refractivity contribution >= 4 is 11.7 Å². The van der Waals surface area contributed by atoms with Crippen LogP contribution in [-0.2, 0) is 11.2 Å². The third-order valence-corrected chi connectivity index (χ3v) is 2.39. The van der Waals surface area contributed by atoms with E-state index in [4.69, 9.17) is 0 Å².